The Morgan fingerprint density at radius 2 is 2.22 bits per heavy atom. The average molecular weight is 304 g/mol. The maximum atomic E-state index is 11.9. The van der Waals surface area contributed by atoms with Crippen LogP contribution in [0.5, 0.6) is 0 Å². The minimum atomic E-state index is -3.47. The largest absolute Gasteiger partial charge is 0.391 e. The minimum absolute atomic E-state index is 0.140. The third-order valence-corrected chi connectivity index (χ3v) is 6.03. The van der Waals surface area contributed by atoms with Crippen molar-refractivity contribution in [2.24, 2.45) is 0 Å². The number of hydrogen-bond donors (Lipinski definition) is 2. The molecule has 0 bridgehead atoms. The highest BCUT2D eigenvalue weighted by Gasteiger charge is 2.16. The summed E-state index contributed by atoms with van der Waals surface area (Å²) in [5.41, 5.74) is 0. The van der Waals surface area contributed by atoms with Crippen LogP contribution < -0.4 is 4.72 Å². The molecule has 0 saturated heterocycles. The van der Waals surface area contributed by atoms with E-state index in [-0.39, 0.29) is 10.8 Å². The van der Waals surface area contributed by atoms with Crippen LogP contribution in [0.1, 0.15) is 9.88 Å². The first-order chi connectivity index (χ1) is 8.62. The molecule has 0 spiro atoms. The average Bonchev–Trinajstić information content (AvgIpc) is 2.99. The summed E-state index contributed by atoms with van der Waals surface area (Å²) in [5, 5.41) is 11.7. The van der Waals surface area contributed by atoms with Gasteiger partial charge in [0.15, 0.2) is 0 Å². The summed E-state index contributed by atoms with van der Waals surface area (Å²) in [6.07, 6.45) is 2.27. The number of aromatic nitrogens is 1. The Hall–Kier alpha value is -0.800. The molecular weight excluding hydrogens is 292 g/mol. The molecule has 0 fully saturated rings. The second-order valence-electron chi connectivity index (χ2n) is 3.45. The van der Waals surface area contributed by atoms with Gasteiger partial charge in [-0.05, 0) is 12.1 Å². The minimum Gasteiger partial charge on any atom is -0.391 e. The number of thiazole rings is 1. The topological polar surface area (TPSA) is 79.3 Å². The molecule has 2 aromatic heterocycles. The van der Waals surface area contributed by atoms with Gasteiger partial charge < -0.3 is 5.11 Å². The van der Waals surface area contributed by atoms with Crippen molar-refractivity contribution in [1.29, 1.82) is 0 Å². The number of nitrogens with zero attached hydrogens (tertiary/aromatic N) is 1. The zero-order chi connectivity index (χ0) is 13.0. The lowest BCUT2D eigenvalue weighted by atomic mass is 10.5. The lowest BCUT2D eigenvalue weighted by molar-refractivity contribution is 0.285. The predicted octanol–water partition coefficient (Wildman–Crippen LogP) is 1.22. The lowest BCUT2D eigenvalue weighted by Crippen LogP contribution is -2.25. The third kappa shape index (κ3) is 3.36. The third-order valence-electron chi connectivity index (χ3n) is 2.17. The number of thiophene rings is 1. The van der Waals surface area contributed by atoms with E-state index in [0.29, 0.717) is 17.8 Å². The smallest absolute Gasteiger partial charge is 0.250 e. The standard InChI is InChI=1S/C10H12N2O3S3/c13-7-8-1-2-10(17-8)18(14,15)12-4-3-9-11-5-6-16-9/h1-2,5-6,12-13H,3-4,7H2. The Kier molecular flexibility index (Phi) is 4.46. The van der Waals surface area contributed by atoms with Crippen LogP contribution in [0.25, 0.3) is 0 Å². The SMILES string of the molecule is O=S(=O)(NCCc1nccs1)c1ccc(CO)s1. The van der Waals surface area contributed by atoms with Crippen molar-refractivity contribution in [3.63, 3.8) is 0 Å². The number of aliphatic hydroxyl groups excluding tert-OH is 1. The van der Waals surface area contributed by atoms with Crippen molar-refractivity contribution >= 4 is 32.7 Å². The van der Waals surface area contributed by atoms with Crippen molar-refractivity contribution in [2.45, 2.75) is 17.2 Å². The molecule has 18 heavy (non-hydrogen) atoms. The summed E-state index contributed by atoms with van der Waals surface area (Å²) in [5.74, 6) is 0. The molecule has 2 heterocycles. The highest BCUT2D eigenvalue weighted by molar-refractivity contribution is 7.91. The maximum Gasteiger partial charge on any atom is 0.250 e. The van der Waals surface area contributed by atoms with Crippen molar-refractivity contribution < 1.29 is 13.5 Å². The van der Waals surface area contributed by atoms with Gasteiger partial charge in [-0.1, -0.05) is 0 Å². The fraction of sp³-hybridized carbons (Fsp3) is 0.300. The monoisotopic (exact) mass is 304 g/mol. The molecule has 0 amide bonds. The highest BCUT2D eigenvalue weighted by atomic mass is 32.2. The first-order valence-electron chi connectivity index (χ1n) is 5.19. The van der Waals surface area contributed by atoms with E-state index >= 15 is 0 Å². The Labute approximate surface area is 113 Å². The molecule has 0 radical (unpaired) electrons. The number of aliphatic hydroxyl groups is 1. The van der Waals surface area contributed by atoms with Crippen molar-refractivity contribution in [2.75, 3.05) is 6.54 Å². The van der Waals surface area contributed by atoms with Crippen molar-refractivity contribution in [3.8, 4) is 0 Å². The summed E-state index contributed by atoms with van der Waals surface area (Å²) >= 11 is 2.57. The molecule has 0 aromatic carbocycles. The van der Waals surface area contributed by atoms with Crippen molar-refractivity contribution in [3.05, 3.63) is 33.6 Å². The Bertz CT molecular complexity index is 590. The Balaban J connectivity index is 1.95. The Morgan fingerprint density at radius 1 is 1.39 bits per heavy atom. The molecule has 0 aliphatic rings. The zero-order valence-corrected chi connectivity index (χ0v) is 11.8. The van der Waals surface area contributed by atoms with Gasteiger partial charge in [0.2, 0.25) is 10.0 Å². The molecule has 0 atom stereocenters. The van der Waals surface area contributed by atoms with Crippen LogP contribution in [0, 0.1) is 0 Å². The summed E-state index contributed by atoms with van der Waals surface area (Å²) in [7, 11) is -3.47. The van der Waals surface area contributed by atoms with Gasteiger partial charge >= 0.3 is 0 Å². The molecule has 2 N–H and O–H groups in total. The molecule has 8 heteroatoms. The first-order valence-corrected chi connectivity index (χ1v) is 8.37. The van der Waals surface area contributed by atoms with E-state index in [1.807, 2.05) is 5.38 Å². The zero-order valence-electron chi connectivity index (χ0n) is 9.37. The highest BCUT2D eigenvalue weighted by Crippen LogP contribution is 2.21. The normalized spacial score (nSPS) is 11.8. The second-order valence-corrected chi connectivity index (χ2v) is 7.59. The van der Waals surface area contributed by atoms with E-state index in [1.54, 1.807) is 12.3 Å². The summed E-state index contributed by atoms with van der Waals surface area (Å²) in [6, 6.07) is 3.11. The number of rotatable bonds is 6. The van der Waals surface area contributed by atoms with E-state index in [9.17, 15) is 8.42 Å². The van der Waals surface area contributed by atoms with Gasteiger partial charge in [0.25, 0.3) is 0 Å². The number of nitrogens with one attached hydrogen (secondary N) is 1. The van der Waals surface area contributed by atoms with Crippen LogP contribution in [0.3, 0.4) is 0 Å². The van der Waals surface area contributed by atoms with Crippen LogP contribution in [0.4, 0.5) is 0 Å². The number of sulfonamides is 1. The van der Waals surface area contributed by atoms with Gasteiger partial charge in [0.1, 0.15) is 4.21 Å². The van der Waals surface area contributed by atoms with Crippen molar-refractivity contribution in [1.82, 2.24) is 9.71 Å². The fourth-order valence-corrected chi connectivity index (χ4v) is 4.24. The van der Waals surface area contributed by atoms with Crippen LogP contribution in [0.2, 0.25) is 0 Å². The van der Waals surface area contributed by atoms with Crippen LogP contribution in [-0.4, -0.2) is 25.1 Å². The summed E-state index contributed by atoms with van der Waals surface area (Å²) < 4.78 is 26.5. The van der Waals surface area contributed by atoms with E-state index in [1.165, 1.54) is 17.4 Å². The van der Waals surface area contributed by atoms with Gasteiger partial charge in [0, 0.05) is 29.4 Å². The van der Waals surface area contributed by atoms with Gasteiger partial charge in [-0.15, -0.1) is 22.7 Å². The van der Waals surface area contributed by atoms with Gasteiger partial charge in [0.05, 0.1) is 11.6 Å². The fourth-order valence-electron chi connectivity index (χ4n) is 1.33. The van der Waals surface area contributed by atoms with Crippen LogP contribution >= 0.6 is 22.7 Å². The van der Waals surface area contributed by atoms with E-state index in [2.05, 4.69) is 9.71 Å². The summed E-state index contributed by atoms with van der Waals surface area (Å²) in [6.45, 7) is 0.182. The van der Waals surface area contributed by atoms with Gasteiger partial charge in [-0.3, -0.25) is 0 Å². The molecule has 98 valence electrons. The quantitative estimate of drug-likeness (QED) is 0.841. The van der Waals surface area contributed by atoms with Crippen LogP contribution in [-0.2, 0) is 23.1 Å². The molecule has 2 aromatic rings. The molecule has 0 unspecified atom stereocenters. The van der Waals surface area contributed by atoms with E-state index < -0.39 is 10.0 Å². The number of hydrogen-bond acceptors (Lipinski definition) is 6. The molecule has 5 nitrogen and oxygen atoms in total. The Morgan fingerprint density at radius 3 is 2.83 bits per heavy atom. The van der Waals surface area contributed by atoms with Crippen LogP contribution in [0.15, 0.2) is 27.9 Å². The second kappa shape index (κ2) is 5.89. The summed E-state index contributed by atoms with van der Waals surface area (Å²) in [4.78, 5) is 4.71. The van der Waals surface area contributed by atoms with Gasteiger partial charge in [-0.2, -0.15) is 0 Å². The molecule has 2 rings (SSSR count). The van der Waals surface area contributed by atoms with E-state index in [0.717, 1.165) is 16.3 Å². The van der Waals surface area contributed by atoms with E-state index in [4.69, 9.17) is 5.11 Å². The van der Waals surface area contributed by atoms with Gasteiger partial charge in [-0.25, -0.2) is 18.1 Å². The molecular formula is C10H12N2O3S3. The molecule has 0 aliphatic heterocycles. The maximum absolute atomic E-state index is 11.9. The lowest BCUT2D eigenvalue weighted by Gasteiger charge is -2.02. The molecule has 0 saturated carbocycles. The first kappa shape index (κ1) is 13.6. The predicted molar refractivity (Wildman–Crippen MR) is 71.2 cm³/mol. The molecule has 0 aliphatic carbocycles.